The maximum absolute atomic E-state index is 12.3. The number of hydrogen-bond donors (Lipinski definition) is 2. The maximum atomic E-state index is 12.3. The maximum Gasteiger partial charge on any atom is 0.347 e. The molecule has 0 saturated heterocycles. The van der Waals surface area contributed by atoms with Crippen molar-refractivity contribution >= 4 is 24.0 Å². The lowest BCUT2D eigenvalue weighted by Crippen LogP contribution is -2.37. The normalized spacial score (nSPS) is 10.4. The van der Waals surface area contributed by atoms with Crippen LogP contribution in [-0.4, -0.2) is 31.1 Å². The van der Waals surface area contributed by atoms with Gasteiger partial charge in [0.2, 0.25) is 0 Å². The molecule has 8 heteroatoms. The van der Waals surface area contributed by atoms with Crippen LogP contribution in [0.25, 0.3) is 0 Å². The number of carbonyl (C=O) groups excluding carboxylic acids is 3. The zero-order valence-electron chi connectivity index (χ0n) is 17.3. The molecular formula is C24H21N3O5. The quantitative estimate of drug-likeness (QED) is 0.197. The van der Waals surface area contributed by atoms with Crippen molar-refractivity contribution in [2.24, 2.45) is 5.10 Å². The minimum Gasteiger partial charge on any atom is -0.496 e. The van der Waals surface area contributed by atoms with Crippen LogP contribution in [0.3, 0.4) is 0 Å². The number of hydrazone groups is 1. The molecule has 3 rings (SSSR count). The second kappa shape index (κ2) is 11.1. The third-order valence-electron chi connectivity index (χ3n) is 4.30. The Labute approximate surface area is 184 Å². The number of ether oxygens (including phenoxy) is 2. The monoisotopic (exact) mass is 431 g/mol. The number of nitrogens with zero attached hydrogens (tertiary/aromatic N) is 1. The van der Waals surface area contributed by atoms with E-state index in [0.717, 1.165) is 5.56 Å². The van der Waals surface area contributed by atoms with Crippen LogP contribution in [0.2, 0.25) is 0 Å². The Morgan fingerprint density at radius 1 is 0.875 bits per heavy atom. The SMILES string of the molecule is COc1ccccc1C(=O)Oc1ccc(C=NNC(=O)C(=O)NCc2ccccc2)cc1. The summed E-state index contributed by atoms with van der Waals surface area (Å²) in [5.41, 5.74) is 3.99. The third-order valence-corrected chi connectivity index (χ3v) is 4.30. The van der Waals surface area contributed by atoms with Gasteiger partial charge in [0.25, 0.3) is 0 Å². The Kier molecular flexibility index (Phi) is 7.69. The summed E-state index contributed by atoms with van der Waals surface area (Å²) in [6.45, 7) is 0.242. The van der Waals surface area contributed by atoms with E-state index in [1.807, 2.05) is 30.3 Å². The number of carbonyl (C=O) groups is 3. The van der Waals surface area contributed by atoms with Crippen LogP contribution in [-0.2, 0) is 16.1 Å². The smallest absolute Gasteiger partial charge is 0.347 e. The number of hydrogen-bond acceptors (Lipinski definition) is 6. The zero-order valence-corrected chi connectivity index (χ0v) is 17.3. The summed E-state index contributed by atoms with van der Waals surface area (Å²) in [4.78, 5) is 35.9. The summed E-state index contributed by atoms with van der Waals surface area (Å²) in [5.74, 6) is -1.45. The van der Waals surface area contributed by atoms with E-state index in [-0.39, 0.29) is 6.54 Å². The molecule has 0 bridgehead atoms. The molecule has 0 atom stereocenters. The molecule has 2 amide bonds. The first-order valence-electron chi connectivity index (χ1n) is 9.67. The average Bonchev–Trinajstić information content (AvgIpc) is 2.84. The van der Waals surface area contributed by atoms with E-state index in [9.17, 15) is 14.4 Å². The van der Waals surface area contributed by atoms with Crippen molar-refractivity contribution in [3.05, 3.63) is 95.6 Å². The molecule has 0 aromatic heterocycles. The summed E-state index contributed by atoms with van der Waals surface area (Å²) in [6.07, 6.45) is 1.37. The lowest BCUT2D eigenvalue weighted by molar-refractivity contribution is -0.139. The molecule has 0 saturated carbocycles. The molecule has 2 N–H and O–H groups in total. The molecule has 0 aliphatic rings. The van der Waals surface area contributed by atoms with Crippen molar-refractivity contribution < 1.29 is 23.9 Å². The largest absolute Gasteiger partial charge is 0.496 e. The van der Waals surface area contributed by atoms with Crippen molar-refractivity contribution in [2.45, 2.75) is 6.54 Å². The summed E-state index contributed by atoms with van der Waals surface area (Å²) >= 11 is 0. The predicted octanol–water partition coefficient (Wildman–Crippen LogP) is 2.68. The Bertz CT molecular complexity index is 1110. The van der Waals surface area contributed by atoms with Crippen LogP contribution >= 0.6 is 0 Å². The van der Waals surface area contributed by atoms with Crippen LogP contribution in [0.1, 0.15) is 21.5 Å². The first-order chi connectivity index (χ1) is 15.6. The number of amides is 2. The number of methoxy groups -OCH3 is 1. The lowest BCUT2D eigenvalue weighted by atomic mass is 10.2. The minimum absolute atomic E-state index is 0.242. The fraction of sp³-hybridized carbons (Fsp3) is 0.0833. The number of para-hydroxylation sites is 1. The van der Waals surface area contributed by atoms with Gasteiger partial charge in [-0.3, -0.25) is 9.59 Å². The van der Waals surface area contributed by atoms with Gasteiger partial charge in [0.15, 0.2) is 0 Å². The standard InChI is InChI=1S/C24H21N3O5/c1-31-21-10-6-5-9-20(21)24(30)32-19-13-11-18(12-14-19)16-26-27-23(29)22(28)25-15-17-7-3-2-4-8-17/h2-14,16H,15H2,1H3,(H,25,28)(H,27,29). The fourth-order valence-corrected chi connectivity index (χ4v) is 2.67. The number of nitrogens with one attached hydrogen (secondary N) is 2. The van der Waals surface area contributed by atoms with Gasteiger partial charge in [0.05, 0.1) is 13.3 Å². The molecule has 0 aliphatic heterocycles. The summed E-state index contributed by atoms with van der Waals surface area (Å²) in [6, 6.07) is 22.5. The highest BCUT2D eigenvalue weighted by molar-refractivity contribution is 6.35. The van der Waals surface area contributed by atoms with Gasteiger partial charge in [0.1, 0.15) is 17.1 Å². The van der Waals surface area contributed by atoms with Gasteiger partial charge in [-0.15, -0.1) is 0 Å². The molecule has 3 aromatic rings. The molecule has 0 radical (unpaired) electrons. The Morgan fingerprint density at radius 2 is 1.56 bits per heavy atom. The molecule has 8 nitrogen and oxygen atoms in total. The van der Waals surface area contributed by atoms with Crippen LogP contribution in [0.4, 0.5) is 0 Å². The molecular weight excluding hydrogens is 410 g/mol. The van der Waals surface area contributed by atoms with Crippen molar-refractivity contribution in [2.75, 3.05) is 7.11 Å². The van der Waals surface area contributed by atoms with Gasteiger partial charge in [-0.1, -0.05) is 42.5 Å². The van der Waals surface area contributed by atoms with Crippen LogP contribution < -0.4 is 20.2 Å². The van der Waals surface area contributed by atoms with Gasteiger partial charge >= 0.3 is 17.8 Å². The van der Waals surface area contributed by atoms with E-state index in [0.29, 0.717) is 22.6 Å². The van der Waals surface area contributed by atoms with Crippen molar-refractivity contribution in [3.63, 3.8) is 0 Å². The number of esters is 1. The molecule has 0 spiro atoms. The van der Waals surface area contributed by atoms with E-state index in [1.165, 1.54) is 13.3 Å². The highest BCUT2D eigenvalue weighted by Crippen LogP contribution is 2.20. The topological polar surface area (TPSA) is 106 Å². The average molecular weight is 431 g/mol. The molecule has 0 unspecified atom stereocenters. The second-order valence-corrected chi connectivity index (χ2v) is 6.53. The molecule has 0 fully saturated rings. The third kappa shape index (κ3) is 6.27. The Hall–Kier alpha value is -4.46. The van der Waals surface area contributed by atoms with Gasteiger partial charge in [0, 0.05) is 6.54 Å². The van der Waals surface area contributed by atoms with Gasteiger partial charge in [-0.2, -0.15) is 5.10 Å². The molecule has 0 heterocycles. The predicted molar refractivity (Wildman–Crippen MR) is 118 cm³/mol. The van der Waals surface area contributed by atoms with E-state index < -0.39 is 17.8 Å². The fourth-order valence-electron chi connectivity index (χ4n) is 2.67. The molecule has 162 valence electrons. The van der Waals surface area contributed by atoms with E-state index >= 15 is 0 Å². The molecule has 0 aliphatic carbocycles. The number of benzene rings is 3. The van der Waals surface area contributed by atoms with E-state index in [4.69, 9.17) is 9.47 Å². The molecule has 32 heavy (non-hydrogen) atoms. The first-order valence-corrected chi connectivity index (χ1v) is 9.67. The highest BCUT2D eigenvalue weighted by Gasteiger charge is 2.14. The second-order valence-electron chi connectivity index (χ2n) is 6.53. The highest BCUT2D eigenvalue weighted by atomic mass is 16.5. The minimum atomic E-state index is -0.875. The van der Waals surface area contributed by atoms with Gasteiger partial charge in [-0.25, -0.2) is 10.2 Å². The first kappa shape index (κ1) is 22.2. The lowest BCUT2D eigenvalue weighted by Gasteiger charge is -2.08. The summed E-state index contributed by atoms with van der Waals surface area (Å²) < 4.78 is 10.5. The van der Waals surface area contributed by atoms with Gasteiger partial charge in [-0.05, 0) is 47.5 Å². The Morgan fingerprint density at radius 3 is 2.28 bits per heavy atom. The number of rotatable bonds is 7. The van der Waals surface area contributed by atoms with Crippen molar-refractivity contribution in [1.82, 2.24) is 10.7 Å². The van der Waals surface area contributed by atoms with Crippen molar-refractivity contribution in [1.29, 1.82) is 0 Å². The van der Waals surface area contributed by atoms with E-state index in [1.54, 1.807) is 48.5 Å². The van der Waals surface area contributed by atoms with Crippen LogP contribution in [0.5, 0.6) is 11.5 Å². The van der Waals surface area contributed by atoms with Crippen LogP contribution in [0.15, 0.2) is 84.0 Å². The zero-order chi connectivity index (χ0) is 22.8. The summed E-state index contributed by atoms with van der Waals surface area (Å²) in [5, 5.41) is 6.28. The van der Waals surface area contributed by atoms with E-state index in [2.05, 4.69) is 15.8 Å². The Balaban J connectivity index is 1.49. The summed E-state index contributed by atoms with van der Waals surface area (Å²) in [7, 11) is 1.48. The molecule has 3 aromatic carbocycles. The van der Waals surface area contributed by atoms with Crippen LogP contribution in [0, 0.1) is 0 Å². The van der Waals surface area contributed by atoms with Crippen molar-refractivity contribution in [3.8, 4) is 11.5 Å². The van der Waals surface area contributed by atoms with Gasteiger partial charge < -0.3 is 14.8 Å².